The van der Waals surface area contributed by atoms with Gasteiger partial charge in [0.2, 0.25) is 5.91 Å². The lowest BCUT2D eigenvalue weighted by Crippen LogP contribution is -2.43. The largest absolute Gasteiger partial charge is 0.467 e. The van der Waals surface area contributed by atoms with Crippen LogP contribution in [0.25, 0.3) is 11.0 Å². The Morgan fingerprint density at radius 1 is 1.04 bits per heavy atom. The van der Waals surface area contributed by atoms with Crippen molar-refractivity contribution in [3.8, 4) is 0 Å². The van der Waals surface area contributed by atoms with Gasteiger partial charge in [-0.05, 0) is 17.7 Å². The van der Waals surface area contributed by atoms with Gasteiger partial charge >= 0.3 is 11.7 Å². The van der Waals surface area contributed by atoms with Crippen molar-refractivity contribution in [2.75, 3.05) is 7.11 Å². The van der Waals surface area contributed by atoms with Gasteiger partial charge in [0.05, 0.1) is 18.1 Å². The monoisotopic (exact) mass is 381 g/mol. The maximum atomic E-state index is 12.5. The van der Waals surface area contributed by atoms with Gasteiger partial charge in [-0.1, -0.05) is 42.5 Å². The molecule has 0 spiro atoms. The van der Waals surface area contributed by atoms with Crippen LogP contribution in [0.2, 0.25) is 0 Å². The fourth-order valence-electron chi connectivity index (χ4n) is 3.24. The second-order valence-electron chi connectivity index (χ2n) is 6.56. The van der Waals surface area contributed by atoms with Gasteiger partial charge in [0.15, 0.2) is 0 Å². The van der Waals surface area contributed by atoms with E-state index in [1.54, 1.807) is 16.2 Å². The fraction of sp³-hybridized carbons (Fsp3) is 0.286. The molecule has 0 saturated carbocycles. The quantitative estimate of drug-likeness (QED) is 0.631. The summed E-state index contributed by atoms with van der Waals surface area (Å²) in [4.78, 5) is 37.0. The highest BCUT2D eigenvalue weighted by molar-refractivity contribution is 5.84. The number of aromatic nitrogens is 2. The van der Waals surface area contributed by atoms with E-state index in [1.807, 2.05) is 54.6 Å². The van der Waals surface area contributed by atoms with E-state index in [1.165, 1.54) is 7.11 Å². The molecule has 146 valence electrons. The lowest BCUT2D eigenvalue weighted by molar-refractivity contribution is -0.145. The van der Waals surface area contributed by atoms with Crippen LogP contribution in [-0.2, 0) is 34.3 Å². The number of carbonyl (C=O) groups excluding carboxylic acids is 2. The molecule has 0 aliphatic rings. The molecule has 2 aromatic carbocycles. The SMILES string of the molecule is COC(=O)[C@H](Cc1ccccc1)NC(=O)CCn1c(=O)n(C)c2ccccc21. The first kappa shape index (κ1) is 19.4. The van der Waals surface area contributed by atoms with E-state index < -0.39 is 12.0 Å². The van der Waals surface area contributed by atoms with Crippen LogP contribution >= 0.6 is 0 Å². The van der Waals surface area contributed by atoms with E-state index in [0.717, 1.165) is 16.6 Å². The molecule has 0 radical (unpaired) electrons. The second-order valence-corrected chi connectivity index (χ2v) is 6.56. The standard InChI is InChI=1S/C21H23N3O4/c1-23-17-10-6-7-11-18(17)24(21(23)27)13-12-19(25)22-16(20(26)28-2)14-15-8-4-3-5-9-15/h3-11,16H,12-14H2,1-2H3,(H,22,25)/t16-/m0/s1. The van der Waals surface area contributed by atoms with E-state index in [-0.39, 0.29) is 24.6 Å². The van der Waals surface area contributed by atoms with Crippen molar-refractivity contribution in [2.45, 2.75) is 25.4 Å². The number of carbonyl (C=O) groups is 2. The topological polar surface area (TPSA) is 82.3 Å². The molecule has 3 rings (SSSR count). The zero-order chi connectivity index (χ0) is 20.1. The highest BCUT2D eigenvalue weighted by Gasteiger charge is 2.22. The molecule has 3 aromatic rings. The number of ether oxygens (including phenoxy) is 1. The zero-order valence-electron chi connectivity index (χ0n) is 15.9. The Morgan fingerprint density at radius 2 is 1.68 bits per heavy atom. The van der Waals surface area contributed by atoms with Crippen molar-refractivity contribution in [1.82, 2.24) is 14.5 Å². The van der Waals surface area contributed by atoms with Crippen molar-refractivity contribution < 1.29 is 14.3 Å². The van der Waals surface area contributed by atoms with Crippen LogP contribution in [0, 0.1) is 0 Å². The number of nitrogens with zero attached hydrogens (tertiary/aromatic N) is 2. The first-order valence-corrected chi connectivity index (χ1v) is 9.06. The summed E-state index contributed by atoms with van der Waals surface area (Å²) in [5.41, 5.74) is 2.33. The molecule has 0 aliphatic heterocycles. The Kier molecular flexibility index (Phi) is 5.93. The Labute approximate surface area is 162 Å². The molecule has 1 N–H and O–H groups in total. The van der Waals surface area contributed by atoms with Gasteiger partial charge in [-0.25, -0.2) is 9.59 Å². The number of benzene rings is 2. The van der Waals surface area contributed by atoms with Crippen LogP contribution < -0.4 is 11.0 Å². The van der Waals surface area contributed by atoms with Gasteiger partial charge in [-0.15, -0.1) is 0 Å². The van der Waals surface area contributed by atoms with Gasteiger partial charge in [0, 0.05) is 26.4 Å². The number of fused-ring (bicyclic) bond motifs is 1. The Balaban J connectivity index is 1.69. The zero-order valence-corrected chi connectivity index (χ0v) is 15.9. The van der Waals surface area contributed by atoms with Crippen LogP contribution in [0.3, 0.4) is 0 Å². The predicted octanol–water partition coefficient (Wildman–Crippen LogP) is 1.63. The van der Waals surface area contributed by atoms with Crippen LogP contribution in [0.5, 0.6) is 0 Å². The summed E-state index contributed by atoms with van der Waals surface area (Å²) in [7, 11) is 3.00. The first-order valence-electron chi connectivity index (χ1n) is 9.06. The molecule has 0 aliphatic carbocycles. The minimum atomic E-state index is -0.774. The van der Waals surface area contributed by atoms with E-state index >= 15 is 0 Å². The molecule has 7 heteroatoms. The number of amides is 1. The summed E-state index contributed by atoms with van der Waals surface area (Å²) >= 11 is 0. The van der Waals surface area contributed by atoms with E-state index in [9.17, 15) is 14.4 Å². The van der Waals surface area contributed by atoms with Gasteiger partial charge < -0.3 is 10.1 Å². The molecule has 1 heterocycles. The maximum absolute atomic E-state index is 12.5. The summed E-state index contributed by atoms with van der Waals surface area (Å²) in [6.07, 6.45) is 0.420. The Hall–Kier alpha value is -3.35. The third kappa shape index (κ3) is 4.14. The summed E-state index contributed by atoms with van der Waals surface area (Å²) in [6, 6.07) is 16.1. The number of hydrogen-bond acceptors (Lipinski definition) is 4. The molecular formula is C21H23N3O4. The number of para-hydroxylation sites is 2. The van der Waals surface area contributed by atoms with E-state index in [0.29, 0.717) is 6.42 Å². The van der Waals surface area contributed by atoms with E-state index in [4.69, 9.17) is 4.74 Å². The van der Waals surface area contributed by atoms with Crippen molar-refractivity contribution >= 4 is 22.9 Å². The summed E-state index contributed by atoms with van der Waals surface area (Å²) < 4.78 is 7.94. The molecule has 0 saturated heterocycles. The van der Waals surface area contributed by atoms with Gasteiger partial charge in [-0.3, -0.25) is 13.9 Å². The lowest BCUT2D eigenvalue weighted by Gasteiger charge is -2.16. The average molecular weight is 381 g/mol. The molecule has 28 heavy (non-hydrogen) atoms. The normalized spacial score (nSPS) is 11.9. The van der Waals surface area contributed by atoms with Crippen LogP contribution in [0.4, 0.5) is 0 Å². The molecule has 1 amide bonds. The smallest absolute Gasteiger partial charge is 0.328 e. The number of hydrogen-bond donors (Lipinski definition) is 1. The number of rotatable bonds is 7. The number of esters is 1. The van der Waals surface area contributed by atoms with Crippen LogP contribution in [-0.4, -0.2) is 34.2 Å². The molecule has 1 aromatic heterocycles. The fourth-order valence-corrected chi connectivity index (χ4v) is 3.24. The predicted molar refractivity (Wildman–Crippen MR) is 106 cm³/mol. The molecule has 0 fully saturated rings. The van der Waals surface area contributed by atoms with Gasteiger partial charge in [-0.2, -0.15) is 0 Å². The van der Waals surface area contributed by atoms with Crippen molar-refractivity contribution in [1.29, 1.82) is 0 Å². The average Bonchev–Trinajstić information content (AvgIpc) is 2.96. The third-order valence-corrected chi connectivity index (χ3v) is 4.72. The summed E-state index contributed by atoms with van der Waals surface area (Å²) in [5, 5.41) is 2.73. The number of aryl methyl sites for hydroxylation is 2. The van der Waals surface area contributed by atoms with Crippen molar-refractivity contribution in [3.05, 3.63) is 70.6 Å². The van der Waals surface area contributed by atoms with Gasteiger partial charge in [0.25, 0.3) is 0 Å². The molecule has 0 unspecified atom stereocenters. The lowest BCUT2D eigenvalue weighted by atomic mass is 10.1. The van der Waals surface area contributed by atoms with Crippen molar-refractivity contribution in [2.24, 2.45) is 7.05 Å². The minimum absolute atomic E-state index is 0.0796. The van der Waals surface area contributed by atoms with E-state index in [2.05, 4.69) is 5.32 Å². The molecule has 0 bridgehead atoms. The molecule has 1 atom stereocenters. The number of nitrogens with one attached hydrogen (secondary N) is 1. The highest BCUT2D eigenvalue weighted by atomic mass is 16.5. The van der Waals surface area contributed by atoms with Crippen LogP contribution in [0.1, 0.15) is 12.0 Å². The third-order valence-electron chi connectivity index (χ3n) is 4.72. The second kappa shape index (κ2) is 8.56. The summed E-state index contributed by atoms with van der Waals surface area (Å²) in [5.74, 6) is -0.814. The first-order chi connectivity index (χ1) is 13.5. The minimum Gasteiger partial charge on any atom is -0.467 e. The van der Waals surface area contributed by atoms with Crippen LogP contribution in [0.15, 0.2) is 59.4 Å². The Bertz CT molecular complexity index is 1040. The summed E-state index contributed by atoms with van der Waals surface area (Å²) in [6.45, 7) is 0.227. The number of methoxy groups -OCH3 is 1. The number of imidazole rings is 1. The molecule has 7 nitrogen and oxygen atoms in total. The molecular weight excluding hydrogens is 358 g/mol. The maximum Gasteiger partial charge on any atom is 0.328 e. The van der Waals surface area contributed by atoms with Crippen molar-refractivity contribution in [3.63, 3.8) is 0 Å². The Morgan fingerprint density at radius 3 is 2.36 bits per heavy atom. The highest BCUT2D eigenvalue weighted by Crippen LogP contribution is 2.12. The van der Waals surface area contributed by atoms with Gasteiger partial charge in [0.1, 0.15) is 6.04 Å².